The predicted molar refractivity (Wildman–Crippen MR) is 89.2 cm³/mol. The Bertz CT molecular complexity index is 525. The van der Waals surface area contributed by atoms with Crippen LogP contribution in [0.1, 0.15) is 34.8 Å². The molecule has 2 aliphatic heterocycles. The number of aryl methyl sites for hydroxylation is 2. The van der Waals surface area contributed by atoms with Crippen LogP contribution in [0.5, 0.6) is 0 Å². The highest BCUT2D eigenvalue weighted by molar-refractivity contribution is 7.11. The van der Waals surface area contributed by atoms with Crippen LogP contribution in [0.4, 0.5) is 4.79 Å². The molecule has 2 amide bonds. The molecule has 1 aromatic rings. The van der Waals surface area contributed by atoms with E-state index in [0.717, 1.165) is 43.2 Å². The highest BCUT2D eigenvalue weighted by atomic mass is 32.1. The highest BCUT2D eigenvalue weighted by Crippen LogP contribution is 2.30. The number of likely N-dealkylation sites (tertiary alicyclic amines) is 2. The summed E-state index contributed by atoms with van der Waals surface area (Å²) in [6.45, 7) is 7.75. The van der Waals surface area contributed by atoms with Crippen LogP contribution in [0.15, 0.2) is 0 Å². The molecule has 22 heavy (non-hydrogen) atoms. The summed E-state index contributed by atoms with van der Waals surface area (Å²) in [5.74, 6) is 0.641. The molecule has 3 rings (SSSR count). The molecule has 2 fully saturated rings. The van der Waals surface area contributed by atoms with Crippen molar-refractivity contribution in [3.63, 3.8) is 0 Å². The third-order valence-electron chi connectivity index (χ3n) is 5.00. The lowest BCUT2D eigenvalue weighted by molar-refractivity contribution is 0.0532. The van der Waals surface area contributed by atoms with E-state index in [9.17, 15) is 4.79 Å². The zero-order valence-electron chi connectivity index (χ0n) is 13.8. The molecule has 0 bridgehead atoms. The molecule has 2 saturated heterocycles. The Labute approximate surface area is 136 Å². The molecule has 3 heterocycles. The third kappa shape index (κ3) is 3.27. The smallest absolute Gasteiger partial charge is 0.318 e. The van der Waals surface area contributed by atoms with Gasteiger partial charge < -0.3 is 15.1 Å². The SMILES string of the molecule is Cc1nc(CNC(=O)N2CCC[C@@H]3CN(C)CC[C@H]32)sc1C. The van der Waals surface area contributed by atoms with E-state index < -0.39 is 0 Å². The van der Waals surface area contributed by atoms with Gasteiger partial charge in [-0.25, -0.2) is 9.78 Å². The largest absolute Gasteiger partial charge is 0.331 e. The molecule has 0 radical (unpaired) electrons. The van der Waals surface area contributed by atoms with Gasteiger partial charge in [-0.15, -0.1) is 11.3 Å². The molecule has 0 aromatic carbocycles. The Hall–Kier alpha value is -1.14. The first-order valence-corrected chi connectivity index (χ1v) is 9.02. The number of urea groups is 1. The van der Waals surface area contributed by atoms with Crippen molar-refractivity contribution < 1.29 is 4.79 Å². The summed E-state index contributed by atoms with van der Waals surface area (Å²) in [6.07, 6.45) is 3.48. The van der Waals surface area contributed by atoms with Crippen molar-refractivity contribution in [1.82, 2.24) is 20.1 Å². The van der Waals surface area contributed by atoms with E-state index >= 15 is 0 Å². The van der Waals surface area contributed by atoms with Crippen molar-refractivity contribution in [2.75, 3.05) is 26.7 Å². The first-order chi connectivity index (χ1) is 10.5. The topological polar surface area (TPSA) is 48.5 Å². The fourth-order valence-corrected chi connectivity index (χ4v) is 4.58. The molecule has 5 nitrogen and oxygen atoms in total. The minimum atomic E-state index is 0.0877. The van der Waals surface area contributed by atoms with E-state index in [1.165, 1.54) is 11.3 Å². The molecule has 6 heteroatoms. The number of hydrogen-bond donors (Lipinski definition) is 1. The molecule has 0 aliphatic carbocycles. The molecule has 0 spiro atoms. The van der Waals surface area contributed by atoms with Crippen molar-refractivity contribution in [2.24, 2.45) is 5.92 Å². The number of aromatic nitrogens is 1. The second-order valence-corrected chi connectivity index (χ2v) is 7.91. The van der Waals surface area contributed by atoms with Crippen molar-refractivity contribution >= 4 is 17.4 Å². The van der Waals surface area contributed by atoms with E-state index in [2.05, 4.69) is 34.1 Å². The lowest BCUT2D eigenvalue weighted by Crippen LogP contribution is -2.57. The molecule has 1 N–H and O–H groups in total. The average Bonchev–Trinajstić information content (AvgIpc) is 2.82. The molecule has 2 aliphatic rings. The van der Waals surface area contributed by atoms with Gasteiger partial charge in [0.25, 0.3) is 0 Å². The van der Waals surface area contributed by atoms with E-state index in [0.29, 0.717) is 18.5 Å². The molecule has 0 unspecified atom stereocenters. The van der Waals surface area contributed by atoms with Gasteiger partial charge in [-0.1, -0.05) is 0 Å². The van der Waals surface area contributed by atoms with Gasteiger partial charge in [0.05, 0.1) is 12.2 Å². The van der Waals surface area contributed by atoms with Gasteiger partial charge in [0, 0.05) is 24.0 Å². The normalized spacial score (nSPS) is 25.9. The number of hydrogen-bond acceptors (Lipinski definition) is 4. The summed E-state index contributed by atoms with van der Waals surface area (Å²) in [4.78, 5) is 22.8. The van der Waals surface area contributed by atoms with Gasteiger partial charge in [0.2, 0.25) is 0 Å². The van der Waals surface area contributed by atoms with Gasteiger partial charge in [-0.3, -0.25) is 0 Å². The van der Waals surface area contributed by atoms with Crippen molar-refractivity contribution in [3.05, 3.63) is 15.6 Å². The maximum Gasteiger partial charge on any atom is 0.318 e. The predicted octanol–water partition coefficient (Wildman–Crippen LogP) is 2.39. The number of rotatable bonds is 2. The van der Waals surface area contributed by atoms with E-state index in [4.69, 9.17) is 0 Å². The maximum atomic E-state index is 12.6. The Balaban J connectivity index is 1.59. The number of thiazole rings is 1. The molecular formula is C16H26N4OS. The Morgan fingerprint density at radius 2 is 2.18 bits per heavy atom. The van der Waals surface area contributed by atoms with Crippen molar-refractivity contribution in [3.8, 4) is 0 Å². The lowest BCUT2D eigenvalue weighted by atomic mass is 9.84. The standard InChI is InChI=1S/C16H26N4OS/c1-11-12(2)22-15(18-11)9-17-16(21)20-7-4-5-13-10-19(3)8-6-14(13)20/h13-14H,4-10H2,1-3H3,(H,17,21)/t13-,14-/m1/s1. The Morgan fingerprint density at radius 1 is 1.36 bits per heavy atom. The van der Waals surface area contributed by atoms with Gasteiger partial charge in [0.1, 0.15) is 5.01 Å². The van der Waals surface area contributed by atoms with Crippen LogP contribution in [0.3, 0.4) is 0 Å². The van der Waals surface area contributed by atoms with Crippen molar-refractivity contribution in [1.29, 1.82) is 0 Å². The van der Waals surface area contributed by atoms with Crippen LogP contribution in [-0.4, -0.2) is 53.5 Å². The van der Waals surface area contributed by atoms with Crippen LogP contribution in [-0.2, 0) is 6.54 Å². The monoisotopic (exact) mass is 322 g/mol. The number of nitrogens with one attached hydrogen (secondary N) is 1. The van der Waals surface area contributed by atoms with Crippen LogP contribution in [0.2, 0.25) is 0 Å². The number of amides is 2. The van der Waals surface area contributed by atoms with Gasteiger partial charge in [-0.05, 0) is 52.6 Å². The quantitative estimate of drug-likeness (QED) is 0.909. The summed E-state index contributed by atoms with van der Waals surface area (Å²) in [7, 11) is 2.18. The fourth-order valence-electron chi connectivity index (χ4n) is 3.70. The lowest BCUT2D eigenvalue weighted by Gasteiger charge is -2.46. The number of carbonyl (C=O) groups excluding carboxylic acids is 1. The van der Waals surface area contributed by atoms with E-state index in [1.54, 1.807) is 11.3 Å². The summed E-state index contributed by atoms with van der Waals surface area (Å²) >= 11 is 1.68. The van der Waals surface area contributed by atoms with Crippen LogP contribution in [0, 0.1) is 19.8 Å². The summed E-state index contributed by atoms with van der Waals surface area (Å²) < 4.78 is 0. The second-order valence-electron chi connectivity index (χ2n) is 6.62. The molecule has 122 valence electrons. The van der Waals surface area contributed by atoms with Gasteiger partial charge in [0.15, 0.2) is 0 Å². The Kier molecular flexibility index (Phi) is 4.68. The molecular weight excluding hydrogens is 296 g/mol. The van der Waals surface area contributed by atoms with Crippen LogP contribution < -0.4 is 5.32 Å². The molecule has 1 aromatic heterocycles. The summed E-state index contributed by atoms with van der Waals surface area (Å²) in [5, 5.41) is 4.08. The highest BCUT2D eigenvalue weighted by Gasteiger charge is 2.37. The number of nitrogens with zero attached hydrogens (tertiary/aromatic N) is 3. The maximum absolute atomic E-state index is 12.6. The zero-order valence-corrected chi connectivity index (χ0v) is 14.6. The molecule has 2 atom stereocenters. The molecule has 0 saturated carbocycles. The minimum absolute atomic E-state index is 0.0877. The summed E-state index contributed by atoms with van der Waals surface area (Å²) in [6, 6.07) is 0.509. The Morgan fingerprint density at radius 3 is 2.91 bits per heavy atom. The van der Waals surface area contributed by atoms with Gasteiger partial charge >= 0.3 is 6.03 Å². The van der Waals surface area contributed by atoms with Gasteiger partial charge in [-0.2, -0.15) is 0 Å². The number of piperidine rings is 2. The number of fused-ring (bicyclic) bond motifs is 1. The first kappa shape index (κ1) is 15.7. The zero-order chi connectivity index (χ0) is 15.7. The first-order valence-electron chi connectivity index (χ1n) is 8.20. The average molecular weight is 322 g/mol. The van der Waals surface area contributed by atoms with Crippen molar-refractivity contribution in [2.45, 2.75) is 45.7 Å². The summed E-state index contributed by atoms with van der Waals surface area (Å²) in [5.41, 5.74) is 1.07. The number of carbonyl (C=O) groups is 1. The van der Waals surface area contributed by atoms with E-state index in [1.807, 2.05) is 6.92 Å². The minimum Gasteiger partial charge on any atom is -0.331 e. The van der Waals surface area contributed by atoms with E-state index in [-0.39, 0.29) is 6.03 Å². The second kappa shape index (κ2) is 6.54. The van der Waals surface area contributed by atoms with Crippen LogP contribution >= 0.6 is 11.3 Å². The third-order valence-corrected chi connectivity index (χ3v) is 6.07. The van der Waals surface area contributed by atoms with Crippen LogP contribution in [0.25, 0.3) is 0 Å². The fraction of sp³-hybridized carbons (Fsp3) is 0.750.